The molecule has 5 nitrogen and oxygen atoms in total. The van der Waals surface area contributed by atoms with E-state index in [1.165, 1.54) is 17.7 Å². The van der Waals surface area contributed by atoms with E-state index in [1.807, 2.05) is 43.3 Å². The molecule has 0 atom stereocenters. The van der Waals surface area contributed by atoms with Crippen molar-refractivity contribution in [2.45, 2.75) is 13.8 Å². The molecule has 0 heterocycles. The van der Waals surface area contributed by atoms with Crippen LogP contribution in [0, 0.1) is 13.8 Å². The zero-order valence-electron chi connectivity index (χ0n) is 15.1. The van der Waals surface area contributed by atoms with Crippen molar-refractivity contribution in [3.05, 3.63) is 89.0 Å². The molecular formula is C22H20N2O3. The number of anilines is 1. The molecule has 2 N–H and O–H groups in total. The highest BCUT2D eigenvalue weighted by Crippen LogP contribution is 2.26. The number of carbonyl (C=O) groups is 1. The summed E-state index contributed by atoms with van der Waals surface area (Å²) in [6, 6.07) is 20.0. The van der Waals surface area contributed by atoms with Gasteiger partial charge in [-0.15, -0.1) is 0 Å². The smallest absolute Gasteiger partial charge is 0.335 e. The Kier molecular flexibility index (Phi) is 5.52. The number of carboxylic acids is 1. The summed E-state index contributed by atoms with van der Waals surface area (Å²) in [6.45, 7) is 4.09. The molecule has 0 saturated carbocycles. The minimum Gasteiger partial charge on any atom is -0.478 e. The number of rotatable bonds is 6. The number of aryl methyl sites for hydroxylation is 1. The Bertz CT molecular complexity index is 979. The van der Waals surface area contributed by atoms with Gasteiger partial charge in [0.25, 0.3) is 0 Å². The minimum absolute atomic E-state index is 0.211. The monoisotopic (exact) mass is 360 g/mol. The normalized spacial score (nSPS) is 10.7. The van der Waals surface area contributed by atoms with E-state index in [-0.39, 0.29) is 5.56 Å². The quantitative estimate of drug-likeness (QED) is 0.466. The Morgan fingerprint density at radius 1 is 1.04 bits per heavy atom. The Morgan fingerprint density at radius 3 is 2.52 bits per heavy atom. The average Bonchev–Trinajstić information content (AvgIpc) is 2.67. The van der Waals surface area contributed by atoms with E-state index < -0.39 is 5.97 Å². The highest BCUT2D eigenvalue weighted by molar-refractivity contribution is 5.88. The molecule has 0 amide bonds. The summed E-state index contributed by atoms with van der Waals surface area (Å²) in [6.07, 6.45) is 1.66. The highest BCUT2D eigenvalue weighted by atomic mass is 16.5. The van der Waals surface area contributed by atoms with Gasteiger partial charge < -0.3 is 9.84 Å². The number of ether oxygens (including phenoxy) is 1. The third kappa shape index (κ3) is 4.73. The maximum absolute atomic E-state index is 11.0. The van der Waals surface area contributed by atoms with Gasteiger partial charge in [-0.3, -0.25) is 5.43 Å². The third-order valence-electron chi connectivity index (χ3n) is 4.18. The first-order valence-electron chi connectivity index (χ1n) is 8.49. The van der Waals surface area contributed by atoms with Crippen LogP contribution in [0.25, 0.3) is 0 Å². The van der Waals surface area contributed by atoms with Crippen LogP contribution in [0.1, 0.15) is 27.0 Å². The summed E-state index contributed by atoms with van der Waals surface area (Å²) < 4.78 is 5.94. The van der Waals surface area contributed by atoms with Crippen molar-refractivity contribution in [3.63, 3.8) is 0 Å². The Balaban J connectivity index is 1.63. The van der Waals surface area contributed by atoms with Crippen LogP contribution < -0.4 is 10.2 Å². The molecule has 3 aromatic rings. The Hall–Kier alpha value is -3.60. The number of hydrogen-bond donors (Lipinski definition) is 2. The first-order chi connectivity index (χ1) is 13.0. The lowest BCUT2D eigenvalue weighted by molar-refractivity contribution is 0.0697. The van der Waals surface area contributed by atoms with Gasteiger partial charge in [0.2, 0.25) is 0 Å². The van der Waals surface area contributed by atoms with Crippen LogP contribution in [0.2, 0.25) is 0 Å². The first-order valence-corrected chi connectivity index (χ1v) is 8.49. The minimum atomic E-state index is -0.970. The molecule has 0 radical (unpaired) electrons. The van der Waals surface area contributed by atoms with E-state index in [4.69, 9.17) is 9.84 Å². The van der Waals surface area contributed by atoms with Crippen LogP contribution in [0.15, 0.2) is 71.8 Å². The van der Waals surface area contributed by atoms with Gasteiger partial charge in [0.15, 0.2) is 0 Å². The summed E-state index contributed by atoms with van der Waals surface area (Å²) in [4.78, 5) is 11.0. The van der Waals surface area contributed by atoms with Crippen LogP contribution in [-0.2, 0) is 0 Å². The number of aromatic carboxylic acids is 1. The maximum atomic E-state index is 11.0. The fourth-order valence-electron chi connectivity index (χ4n) is 2.49. The molecule has 3 aromatic carbocycles. The molecule has 0 fully saturated rings. The molecule has 0 saturated heterocycles. The van der Waals surface area contributed by atoms with E-state index in [1.54, 1.807) is 18.3 Å². The SMILES string of the molecule is Cc1cccc(Oc2ccc(C=NNc3cccc(C(=O)O)c3)cc2)c1C. The summed E-state index contributed by atoms with van der Waals surface area (Å²) in [5.41, 5.74) is 6.86. The first kappa shape index (κ1) is 18.2. The van der Waals surface area contributed by atoms with Gasteiger partial charge in [0.1, 0.15) is 11.5 Å². The van der Waals surface area contributed by atoms with E-state index in [0.717, 1.165) is 22.6 Å². The van der Waals surface area contributed by atoms with Crippen molar-refractivity contribution < 1.29 is 14.6 Å². The van der Waals surface area contributed by atoms with Crippen LogP contribution >= 0.6 is 0 Å². The number of hydrogen-bond acceptors (Lipinski definition) is 4. The van der Waals surface area contributed by atoms with Crippen LogP contribution in [0.4, 0.5) is 5.69 Å². The average molecular weight is 360 g/mol. The third-order valence-corrected chi connectivity index (χ3v) is 4.18. The van der Waals surface area contributed by atoms with E-state index in [0.29, 0.717) is 5.69 Å². The van der Waals surface area contributed by atoms with Gasteiger partial charge in [0.05, 0.1) is 17.5 Å². The molecule has 3 rings (SSSR count). The zero-order valence-corrected chi connectivity index (χ0v) is 15.1. The molecule has 0 bridgehead atoms. The van der Waals surface area contributed by atoms with Crippen LogP contribution in [0.5, 0.6) is 11.5 Å². The lowest BCUT2D eigenvalue weighted by atomic mass is 10.1. The van der Waals surface area contributed by atoms with Crippen molar-refractivity contribution >= 4 is 17.9 Å². The maximum Gasteiger partial charge on any atom is 0.335 e. The Morgan fingerprint density at radius 2 is 1.78 bits per heavy atom. The van der Waals surface area contributed by atoms with Crippen molar-refractivity contribution in [3.8, 4) is 11.5 Å². The fraction of sp³-hybridized carbons (Fsp3) is 0.0909. The number of nitrogens with one attached hydrogen (secondary N) is 1. The van der Waals surface area contributed by atoms with Gasteiger partial charge in [0, 0.05) is 0 Å². The molecule has 0 aliphatic heterocycles. The number of benzene rings is 3. The van der Waals surface area contributed by atoms with Crippen molar-refractivity contribution in [2.24, 2.45) is 5.10 Å². The van der Waals surface area contributed by atoms with Gasteiger partial charge in [-0.2, -0.15) is 5.10 Å². The van der Waals surface area contributed by atoms with Gasteiger partial charge >= 0.3 is 5.97 Å². The second-order valence-electron chi connectivity index (χ2n) is 6.13. The summed E-state index contributed by atoms with van der Waals surface area (Å²) in [7, 11) is 0. The molecule has 5 heteroatoms. The highest BCUT2D eigenvalue weighted by Gasteiger charge is 2.04. The molecule has 0 aliphatic carbocycles. The predicted octanol–water partition coefficient (Wildman–Crippen LogP) is 5.24. The van der Waals surface area contributed by atoms with Crippen molar-refractivity contribution in [1.82, 2.24) is 0 Å². The number of hydrazone groups is 1. The molecule has 0 aliphatic rings. The number of nitrogens with zero attached hydrogens (tertiary/aromatic N) is 1. The predicted molar refractivity (Wildman–Crippen MR) is 107 cm³/mol. The van der Waals surface area contributed by atoms with Gasteiger partial charge in [-0.1, -0.05) is 18.2 Å². The Labute approximate surface area is 157 Å². The second-order valence-corrected chi connectivity index (χ2v) is 6.13. The molecule has 27 heavy (non-hydrogen) atoms. The molecule has 0 aromatic heterocycles. The topological polar surface area (TPSA) is 70.9 Å². The zero-order chi connectivity index (χ0) is 19.2. The van der Waals surface area contributed by atoms with Gasteiger partial charge in [-0.25, -0.2) is 4.79 Å². The van der Waals surface area contributed by atoms with Crippen LogP contribution in [-0.4, -0.2) is 17.3 Å². The molecule has 0 unspecified atom stereocenters. The second kappa shape index (κ2) is 8.19. The number of carboxylic acid groups (broad SMARTS) is 1. The molecule has 136 valence electrons. The molecular weight excluding hydrogens is 340 g/mol. The summed E-state index contributed by atoms with van der Waals surface area (Å²) in [5, 5.41) is 13.1. The van der Waals surface area contributed by atoms with Crippen molar-refractivity contribution in [2.75, 3.05) is 5.43 Å². The standard InChI is InChI=1S/C22H20N2O3/c1-15-5-3-8-21(16(15)2)27-20-11-9-17(10-12-20)14-23-24-19-7-4-6-18(13-19)22(25)26/h3-14,24H,1-2H3,(H,25,26). The van der Waals surface area contributed by atoms with E-state index >= 15 is 0 Å². The van der Waals surface area contributed by atoms with Crippen molar-refractivity contribution in [1.29, 1.82) is 0 Å². The van der Waals surface area contributed by atoms with Gasteiger partial charge in [-0.05, 0) is 79.1 Å². The lowest BCUT2D eigenvalue weighted by Crippen LogP contribution is -1.97. The lowest BCUT2D eigenvalue weighted by Gasteiger charge is -2.10. The van der Waals surface area contributed by atoms with E-state index in [2.05, 4.69) is 23.5 Å². The molecule has 0 spiro atoms. The fourth-order valence-corrected chi connectivity index (χ4v) is 2.49. The van der Waals surface area contributed by atoms with E-state index in [9.17, 15) is 4.79 Å². The van der Waals surface area contributed by atoms with Crippen LogP contribution in [0.3, 0.4) is 0 Å². The summed E-state index contributed by atoms with van der Waals surface area (Å²) >= 11 is 0. The summed E-state index contributed by atoms with van der Waals surface area (Å²) in [5.74, 6) is 0.626. The largest absolute Gasteiger partial charge is 0.478 e.